The van der Waals surface area contributed by atoms with E-state index in [4.69, 9.17) is 0 Å². The average molecular weight is 430 g/mol. The molecule has 2 aromatic carbocycles. The predicted molar refractivity (Wildman–Crippen MR) is 104 cm³/mol. The molecule has 31 heavy (non-hydrogen) atoms. The second kappa shape index (κ2) is 8.17. The van der Waals surface area contributed by atoms with Gasteiger partial charge < -0.3 is 10.2 Å². The predicted octanol–water partition coefficient (Wildman–Crippen LogP) is 3.17. The number of nitrogens with one attached hydrogen (secondary N) is 1. The Bertz CT molecular complexity index is 1100. The van der Waals surface area contributed by atoms with Crippen LogP contribution in [0.1, 0.15) is 39.4 Å². The number of amides is 2. The van der Waals surface area contributed by atoms with Gasteiger partial charge in [0.15, 0.2) is 0 Å². The molecule has 0 unspecified atom stereocenters. The number of nitrogens with zero attached hydrogens (tertiary/aromatic N) is 5. The first-order valence-corrected chi connectivity index (χ1v) is 9.49. The summed E-state index contributed by atoms with van der Waals surface area (Å²) in [7, 11) is 0. The van der Waals surface area contributed by atoms with Crippen molar-refractivity contribution in [2.24, 2.45) is 0 Å². The summed E-state index contributed by atoms with van der Waals surface area (Å²) in [6.45, 7) is 1.35. The number of rotatable bonds is 4. The number of anilines is 1. The maximum Gasteiger partial charge on any atom is 0.416 e. The van der Waals surface area contributed by atoms with Crippen molar-refractivity contribution in [1.82, 2.24) is 25.1 Å². The summed E-state index contributed by atoms with van der Waals surface area (Å²) in [6.07, 6.45) is -2.63. The van der Waals surface area contributed by atoms with Gasteiger partial charge in [-0.05, 0) is 60.5 Å². The van der Waals surface area contributed by atoms with Crippen molar-refractivity contribution in [3.8, 4) is 5.69 Å². The van der Waals surface area contributed by atoms with Crippen LogP contribution in [0.3, 0.4) is 0 Å². The molecule has 160 valence electrons. The minimum Gasteiger partial charge on any atom is -0.336 e. The normalized spacial score (nSPS) is 14.0. The molecule has 0 spiro atoms. The fraction of sp³-hybridized carbons (Fsp3) is 0.250. The lowest BCUT2D eigenvalue weighted by Crippen LogP contribution is -2.28. The fourth-order valence-corrected chi connectivity index (χ4v) is 3.19. The highest BCUT2D eigenvalue weighted by molar-refractivity contribution is 6.04. The SMILES string of the molecule is O=C(Nc1ccc(-n2nnc(C(=O)N3CCCC3)n2)cc1)c1cccc(C(F)(F)F)c1. The summed E-state index contributed by atoms with van der Waals surface area (Å²) in [6, 6.07) is 10.5. The minimum absolute atomic E-state index is 0.00354. The topological polar surface area (TPSA) is 93.0 Å². The van der Waals surface area contributed by atoms with Crippen LogP contribution in [0, 0.1) is 0 Å². The fourth-order valence-electron chi connectivity index (χ4n) is 3.19. The van der Waals surface area contributed by atoms with E-state index in [1.54, 1.807) is 29.2 Å². The summed E-state index contributed by atoms with van der Waals surface area (Å²) < 4.78 is 38.5. The molecule has 1 aliphatic rings. The molecule has 1 saturated heterocycles. The van der Waals surface area contributed by atoms with Gasteiger partial charge >= 0.3 is 6.18 Å². The van der Waals surface area contributed by atoms with Gasteiger partial charge in [-0.1, -0.05) is 6.07 Å². The Kier molecular flexibility index (Phi) is 5.40. The molecule has 0 aliphatic carbocycles. The van der Waals surface area contributed by atoms with Crippen LogP contribution in [0.15, 0.2) is 48.5 Å². The number of tetrazole rings is 1. The van der Waals surface area contributed by atoms with Crippen LogP contribution in [0.5, 0.6) is 0 Å². The van der Waals surface area contributed by atoms with Crippen LogP contribution in [0.2, 0.25) is 0 Å². The smallest absolute Gasteiger partial charge is 0.336 e. The number of halogens is 3. The van der Waals surface area contributed by atoms with Crippen molar-refractivity contribution in [2.45, 2.75) is 19.0 Å². The van der Waals surface area contributed by atoms with E-state index in [1.165, 1.54) is 16.9 Å². The number of aromatic nitrogens is 4. The van der Waals surface area contributed by atoms with E-state index in [2.05, 4.69) is 20.7 Å². The molecular formula is C20H17F3N6O2. The molecule has 0 saturated carbocycles. The first-order chi connectivity index (χ1) is 14.8. The molecule has 3 aromatic rings. The molecule has 8 nitrogen and oxygen atoms in total. The van der Waals surface area contributed by atoms with E-state index < -0.39 is 17.6 Å². The molecule has 1 aliphatic heterocycles. The van der Waals surface area contributed by atoms with Gasteiger partial charge in [0, 0.05) is 24.3 Å². The van der Waals surface area contributed by atoms with Gasteiger partial charge in [0.05, 0.1) is 11.3 Å². The molecular weight excluding hydrogens is 413 g/mol. The van der Waals surface area contributed by atoms with Crippen LogP contribution in [-0.4, -0.2) is 50.0 Å². The second-order valence-corrected chi connectivity index (χ2v) is 6.98. The van der Waals surface area contributed by atoms with E-state index in [1.807, 2.05) is 0 Å². The largest absolute Gasteiger partial charge is 0.416 e. The lowest BCUT2D eigenvalue weighted by Gasteiger charge is -2.11. The summed E-state index contributed by atoms with van der Waals surface area (Å²) in [5.41, 5.74) is -0.126. The van der Waals surface area contributed by atoms with Crippen LogP contribution < -0.4 is 5.32 Å². The van der Waals surface area contributed by atoms with Crippen LogP contribution in [0.25, 0.3) is 5.69 Å². The molecule has 11 heteroatoms. The summed E-state index contributed by atoms with van der Waals surface area (Å²) in [5.74, 6) is -0.936. The molecule has 0 bridgehead atoms. The third-order valence-electron chi connectivity index (χ3n) is 4.81. The van der Waals surface area contributed by atoms with E-state index in [0.29, 0.717) is 24.5 Å². The van der Waals surface area contributed by atoms with Crippen molar-refractivity contribution in [1.29, 1.82) is 0 Å². The quantitative estimate of drug-likeness (QED) is 0.686. The third kappa shape index (κ3) is 4.55. The number of hydrogen-bond acceptors (Lipinski definition) is 5. The molecule has 2 heterocycles. The van der Waals surface area contributed by atoms with Crippen molar-refractivity contribution < 1.29 is 22.8 Å². The van der Waals surface area contributed by atoms with Crippen molar-refractivity contribution >= 4 is 17.5 Å². The Morgan fingerprint density at radius 2 is 1.71 bits per heavy atom. The first-order valence-electron chi connectivity index (χ1n) is 9.49. The van der Waals surface area contributed by atoms with Crippen LogP contribution in [0.4, 0.5) is 18.9 Å². The highest BCUT2D eigenvalue weighted by Crippen LogP contribution is 2.29. The number of likely N-dealkylation sites (tertiary alicyclic amines) is 1. The average Bonchev–Trinajstić information content (AvgIpc) is 3.46. The second-order valence-electron chi connectivity index (χ2n) is 6.98. The first kappa shape index (κ1) is 20.5. The highest BCUT2D eigenvalue weighted by atomic mass is 19.4. The molecule has 1 N–H and O–H groups in total. The van der Waals surface area contributed by atoms with Crippen LogP contribution >= 0.6 is 0 Å². The monoisotopic (exact) mass is 430 g/mol. The maximum absolute atomic E-state index is 12.8. The third-order valence-corrected chi connectivity index (χ3v) is 4.81. The van der Waals surface area contributed by atoms with E-state index >= 15 is 0 Å². The summed E-state index contributed by atoms with van der Waals surface area (Å²) in [5, 5.41) is 14.3. The van der Waals surface area contributed by atoms with Gasteiger partial charge in [0.1, 0.15) is 0 Å². The number of carbonyl (C=O) groups is 2. The minimum atomic E-state index is -4.53. The van der Waals surface area contributed by atoms with Crippen molar-refractivity contribution in [3.63, 3.8) is 0 Å². The summed E-state index contributed by atoms with van der Waals surface area (Å²) in [4.78, 5) is 27.5. The Balaban J connectivity index is 1.44. The Labute approximate surface area is 174 Å². The molecule has 1 aromatic heterocycles. The van der Waals surface area contributed by atoms with Crippen LogP contribution in [-0.2, 0) is 6.18 Å². The molecule has 0 atom stereocenters. The molecule has 0 radical (unpaired) electrons. The summed E-state index contributed by atoms with van der Waals surface area (Å²) >= 11 is 0. The zero-order chi connectivity index (χ0) is 22.0. The number of alkyl halides is 3. The number of benzene rings is 2. The van der Waals surface area contributed by atoms with E-state index in [9.17, 15) is 22.8 Å². The highest BCUT2D eigenvalue weighted by Gasteiger charge is 2.31. The molecule has 4 rings (SSSR count). The molecule has 2 amide bonds. The van der Waals surface area contributed by atoms with Gasteiger partial charge in [0.2, 0.25) is 0 Å². The number of hydrogen-bond donors (Lipinski definition) is 1. The lowest BCUT2D eigenvalue weighted by molar-refractivity contribution is -0.137. The van der Waals surface area contributed by atoms with E-state index in [0.717, 1.165) is 25.0 Å². The Hall–Kier alpha value is -3.76. The Morgan fingerprint density at radius 3 is 2.39 bits per heavy atom. The van der Waals surface area contributed by atoms with Gasteiger partial charge in [-0.25, -0.2) is 0 Å². The lowest BCUT2D eigenvalue weighted by atomic mass is 10.1. The maximum atomic E-state index is 12.8. The van der Waals surface area contributed by atoms with Gasteiger partial charge in [-0.3, -0.25) is 9.59 Å². The number of carbonyl (C=O) groups excluding carboxylic acids is 2. The van der Waals surface area contributed by atoms with Gasteiger partial charge in [0.25, 0.3) is 17.6 Å². The van der Waals surface area contributed by atoms with Gasteiger partial charge in [-0.2, -0.15) is 13.2 Å². The van der Waals surface area contributed by atoms with Crippen molar-refractivity contribution in [3.05, 3.63) is 65.5 Å². The van der Waals surface area contributed by atoms with E-state index in [-0.39, 0.29) is 17.3 Å². The zero-order valence-corrected chi connectivity index (χ0v) is 16.1. The molecule has 1 fully saturated rings. The zero-order valence-electron chi connectivity index (χ0n) is 16.1. The standard InChI is InChI=1S/C20H17F3N6O2/c21-20(22,23)14-5-3-4-13(12-14)18(30)24-15-6-8-16(9-7-15)29-26-17(25-27-29)19(31)28-10-1-2-11-28/h3-9,12H,1-2,10-11H2,(H,24,30). The van der Waals surface area contributed by atoms with Gasteiger partial charge in [-0.15, -0.1) is 15.0 Å². The van der Waals surface area contributed by atoms with Crippen molar-refractivity contribution in [2.75, 3.05) is 18.4 Å². The Morgan fingerprint density at radius 1 is 1.00 bits per heavy atom.